The van der Waals surface area contributed by atoms with Crippen molar-refractivity contribution in [2.75, 3.05) is 0 Å². The Hall–Kier alpha value is -2.63. The first-order valence-corrected chi connectivity index (χ1v) is 8.46. The molecule has 134 valence electrons. The van der Waals surface area contributed by atoms with E-state index in [1.54, 1.807) is 56.3 Å². The number of hydrazone groups is 1. The third kappa shape index (κ3) is 5.44. The summed E-state index contributed by atoms with van der Waals surface area (Å²) in [5.74, 6) is -0.893. The van der Waals surface area contributed by atoms with E-state index in [9.17, 15) is 9.59 Å². The Morgan fingerprint density at radius 1 is 1.00 bits per heavy atom. The molecule has 0 atom stereocenters. The molecule has 0 heterocycles. The Kier molecular flexibility index (Phi) is 6.95. The van der Waals surface area contributed by atoms with Crippen LogP contribution in [-0.2, 0) is 4.79 Å². The largest absolute Gasteiger partial charge is 0.317 e. The molecule has 0 aliphatic rings. The van der Waals surface area contributed by atoms with Gasteiger partial charge in [-0.2, -0.15) is 5.10 Å². The maximum absolute atomic E-state index is 12.3. The SMILES string of the molecule is CC(C)=C(NC(=O)c1ccccc1)C(=O)N/N=C/c1ccc(Cl)c(Cl)c1. The maximum atomic E-state index is 12.3. The fourth-order valence-electron chi connectivity index (χ4n) is 2.00. The standard InChI is InChI=1S/C19H17Cl2N3O2/c1-12(2)17(23-18(25)14-6-4-3-5-7-14)19(26)24-22-11-13-8-9-15(20)16(21)10-13/h3-11H,1-2H3,(H,23,25)(H,24,26)/b22-11+. The molecule has 2 aromatic rings. The number of carbonyl (C=O) groups excluding carboxylic acids is 2. The normalized spacial score (nSPS) is 10.5. The lowest BCUT2D eigenvalue weighted by Gasteiger charge is -2.10. The second-order valence-electron chi connectivity index (χ2n) is 5.57. The molecule has 0 spiro atoms. The first kappa shape index (κ1) is 19.7. The van der Waals surface area contributed by atoms with Crippen molar-refractivity contribution < 1.29 is 9.59 Å². The molecule has 0 aliphatic heterocycles. The van der Waals surface area contributed by atoms with Crippen molar-refractivity contribution in [2.24, 2.45) is 5.10 Å². The second kappa shape index (κ2) is 9.17. The van der Waals surface area contributed by atoms with E-state index < -0.39 is 5.91 Å². The van der Waals surface area contributed by atoms with Crippen LogP contribution in [-0.4, -0.2) is 18.0 Å². The lowest BCUT2D eigenvalue weighted by Crippen LogP contribution is -2.33. The van der Waals surface area contributed by atoms with Crippen molar-refractivity contribution in [3.8, 4) is 0 Å². The van der Waals surface area contributed by atoms with Crippen LogP contribution >= 0.6 is 23.2 Å². The van der Waals surface area contributed by atoms with Crippen LogP contribution in [0.25, 0.3) is 0 Å². The van der Waals surface area contributed by atoms with Gasteiger partial charge in [-0.15, -0.1) is 0 Å². The number of allylic oxidation sites excluding steroid dienone is 1. The van der Waals surface area contributed by atoms with Crippen molar-refractivity contribution in [3.05, 3.63) is 81.0 Å². The first-order valence-electron chi connectivity index (χ1n) is 7.71. The van der Waals surface area contributed by atoms with Crippen LogP contribution in [0.1, 0.15) is 29.8 Å². The fourth-order valence-corrected chi connectivity index (χ4v) is 2.30. The summed E-state index contributed by atoms with van der Waals surface area (Å²) in [7, 11) is 0. The molecule has 0 bridgehead atoms. The summed E-state index contributed by atoms with van der Waals surface area (Å²) in [5, 5.41) is 7.32. The topological polar surface area (TPSA) is 70.6 Å². The van der Waals surface area contributed by atoms with Gasteiger partial charge in [0.25, 0.3) is 11.8 Å². The smallest absolute Gasteiger partial charge is 0.287 e. The average Bonchev–Trinajstić information content (AvgIpc) is 2.62. The number of hydrogen-bond donors (Lipinski definition) is 2. The molecule has 2 aromatic carbocycles. The van der Waals surface area contributed by atoms with E-state index in [4.69, 9.17) is 23.2 Å². The zero-order chi connectivity index (χ0) is 19.1. The van der Waals surface area contributed by atoms with E-state index in [0.717, 1.165) is 0 Å². The molecule has 2 rings (SSSR count). The Labute approximate surface area is 161 Å². The van der Waals surface area contributed by atoms with Crippen LogP contribution in [0.5, 0.6) is 0 Å². The van der Waals surface area contributed by atoms with Gasteiger partial charge < -0.3 is 5.32 Å². The van der Waals surface area contributed by atoms with E-state index in [-0.39, 0.29) is 11.6 Å². The Balaban J connectivity index is 2.05. The summed E-state index contributed by atoms with van der Waals surface area (Å²) in [6.07, 6.45) is 1.43. The van der Waals surface area contributed by atoms with Crippen LogP contribution in [0.3, 0.4) is 0 Å². The second-order valence-corrected chi connectivity index (χ2v) is 6.38. The highest BCUT2D eigenvalue weighted by Crippen LogP contribution is 2.21. The van der Waals surface area contributed by atoms with E-state index in [1.165, 1.54) is 6.21 Å². The van der Waals surface area contributed by atoms with E-state index >= 15 is 0 Å². The van der Waals surface area contributed by atoms with E-state index in [1.807, 2.05) is 6.07 Å². The summed E-state index contributed by atoms with van der Waals surface area (Å²) in [6.45, 7) is 3.45. The molecule has 5 nitrogen and oxygen atoms in total. The van der Waals surface area contributed by atoms with Crippen molar-refractivity contribution in [3.63, 3.8) is 0 Å². The molecule has 0 aliphatic carbocycles. The fraction of sp³-hybridized carbons (Fsp3) is 0.105. The van der Waals surface area contributed by atoms with Gasteiger partial charge in [-0.1, -0.05) is 47.5 Å². The number of carbonyl (C=O) groups is 2. The molecule has 2 amide bonds. The number of benzene rings is 2. The number of hydrogen-bond acceptors (Lipinski definition) is 3. The molecule has 0 saturated carbocycles. The van der Waals surface area contributed by atoms with Gasteiger partial charge in [-0.25, -0.2) is 5.43 Å². The lowest BCUT2D eigenvalue weighted by atomic mass is 10.2. The van der Waals surface area contributed by atoms with Crippen LogP contribution < -0.4 is 10.7 Å². The molecule has 0 saturated heterocycles. The van der Waals surface area contributed by atoms with Gasteiger partial charge in [0, 0.05) is 5.56 Å². The molecular formula is C19H17Cl2N3O2. The highest BCUT2D eigenvalue weighted by atomic mass is 35.5. The molecule has 26 heavy (non-hydrogen) atoms. The Morgan fingerprint density at radius 3 is 2.31 bits per heavy atom. The summed E-state index contributed by atoms with van der Waals surface area (Å²) in [6, 6.07) is 13.6. The molecule has 0 radical (unpaired) electrons. The number of halogens is 2. The minimum absolute atomic E-state index is 0.144. The zero-order valence-corrected chi connectivity index (χ0v) is 15.7. The number of amides is 2. The maximum Gasteiger partial charge on any atom is 0.287 e. The van der Waals surface area contributed by atoms with Crippen molar-refractivity contribution in [2.45, 2.75) is 13.8 Å². The Morgan fingerprint density at radius 2 is 1.69 bits per heavy atom. The third-order valence-electron chi connectivity index (χ3n) is 3.32. The molecule has 7 heteroatoms. The van der Waals surface area contributed by atoms with Gasteiger partial charge in [0.05, 0.1) is 16.3 Å². The van der Waals surface area contributed by atoms with E-state index in [0.29, 0.717) is 26.7 Å². The lowest BCUT2D eigenvalue weighted by molar-refractivity contribution is -0.117. The van der Waals surface area contributed by atoms with Gasteiger partial charge in [0.15, 0.2) is 0 Å². The van der Waals surface area contributed by atoms with Gasteiger partial charge in [-0.05, 0) is 49.2 Å². The summed E-state index contributed by atoms with van der Waals surface area (Å²) in [4.78, 5) is 24.6. The molecule has 2 N–H and O–H groups in total. The third-order valence-corrected chi connectivity index (χ3v) is 4.06. The van der Waals surface area contributed by atoms with Gasteiger partial charge in [0.1, 0.15) is 5.70 Å². The summed E-state index contributed by atoms with van der Waals surface area (Å²) >= 11 is 11.8. The van der Waals surface area contributed by atoms with Gasteiger partial charge >= 0.3 is 0 Å². The predicted molar refractivity (Wildman–Crippen MR) is 104 cm³/mol. The molecular weight excluding hydrogens is 373 g/mol. The molecule has 0 aromatic heterocycles. The molecule has 0 fully saturated rings. The van der Waals surface area contributed by atoms with Crippen molar-refractivity contribution >= 4 is 41.2 Å². The van der Waals surface area contributed by atoms with E-state index in [2.05, 4.69) is 15.8 Å². The summed E-state index contributed by atoms with van der Waals surface area (Å²) in [5.41, 5.74) is 4.31. The minimum atomic E-state index is -0.523. The number of nitrogens with zero attached hydrogens (tertiary/aromatic N) is 1. The minimum Gasteiger partial charge on any atom is -0.317 e. The van der Waals surface area contributed by atoms with Crippen LogP contribution in [0, 0.1) is 0 Å². The van der Waals surface area contributed by atoms with Gasteiger partial charge in [0.2, 0.25) is 0 Å². The van der Waals surface area contributed by atoms with Crippen LogP contribution in [0.4, 0.5) is 0 Å². The molecule has 0 unspecified atom stereocenters. The van der Waals surface area contributed by atoms with Crippen molar-refractivity contribution in [1.82, 2.24) is 10.7 Å². The average molecular weight is 390 g/mol. The highest BCUT2D eigenvalue weighted by molar-refractivity contribution is 6.42. The summed E-state index contributed by atoms with van der Waals surface area (Å²) < 4.78 is 0. The number of rotatable bonds is 5. The van der Waals surface area contributed by atoms with Crippen molar-refractivity contribution in [1.29, 1.82) is 0 Å². The number of nitrogens with one attached hydrogen (secondary N) is 2. The predicted octanol–water partition coefficient (Wildman–Crippen LogP) is 4.17. The van der Waals surface area contributed by atoms with Gasteiger partial charge in [-0.3, -0.25) is 9.59 Å². The first-order chi connectivity index (χ1) is 12.4. The highest BCUT2D eigenvalue weighted by Gasteiger charge is 2.15. The zero-order valence-electron chi connectivity index (χ0n) is 14.2. The monoisotopic (exact) mass is 389 g/mol. The quantitative estimate of drug-likeness (QED) is 0.457. The van der Waals surface area contributed by atoms with Crippen LogP contribution in [0.15, 0.2) is 64.9 Å². The Bertz CT molecular complexity index is 874. The van der Waals surface area contributed by atoms with Crippen LogP contribution in [0.2, 0.25) is 10.0 Å².